The molecule has 3 rings (SSSR count). The zero-order valence-corrected chi connectivity index (χ0v) is 13.7. The quantitative estimate of drug-likeness (QED) is 0.698. The summed E-state index contributed by atoms with van der Waals surface area (Å²) in [6, 6.07) is 13.1. The minimum absolute atomic E-state index is 0.398. The predicted molar refractivity (Wildman–Crippen MR) is 94.0 cm³/mol. The Balaban J connectivity index is 1.81. The van der Waals surface area contributed by atoms with E-state index in [0.717, 1.165) is 11.3 Å². The van der Waals surface area contributed by atoms with Crippen molar-refractivity contribution in [3.05, 3.63) is 64.3 Å². The third-order valence-corrected chi connectivity index (χ3v) is 3.69. The van der Waals surface area contributed by atoms with Crippen molar-refractivity contribution in [1.29, 1.82) is 0 Å². The molecule has 5 nitrogen and oxygen atoms in total. The fourth-order valence-corrected chi connectivity index (χ4v) is 2.43. The predicted octanol–water partition coefficient (Wildman–Crippen LogP) is 4.97. The van der Waals surface area contributed by atoms with E-state index in [9.17, 15) is 0 Å². The van der Waals surface area contributed by atoms with Gasteiger partial charge in [-0.15, -0.1) is 5.10 Å². The number of nitrogens with one attached hydrogen (secondary N) is 2. The van der Waals surface area contributed by atoms with Crippen molar-refractivity contribution in [1.82, 2.24) is 15.2 Å². The van der Waals surface area contributed by atoms with Crippen molar-refractivity contribution >= 4 is 46.3 Å². The number of rotatable bonds is 4. The molecule has 0 bridgehead atoms. The summed E-state index contributed by atoms with van der Waals surface area (Å²) in [7, 11) is 0. The molecule has 2 N–H and O–H groups in total. The number of para-hydroxylation sites is 1. The molecule has 116 valence electrons. The van der Waals surface area contributed by atoms with Crippen LogP contribution in [0, 0.1) is 6.92 Å². The van der Waals surface area contributed by atoms with Crippen LogP contribution in [0.4, 0.5) is 23.1 Å². The smallest absolute Gasteiger partial charge is 0.249 e. The van der Waals surface area contributed by atoms with Crippen LogP contribution < -0.4 is 10.6 Å². The summed E-state index contributed by atoms with van der Waals surface area (Å²) in [5, 5.41) is 15.3. The lowest BCUT2D eigenvalue weighted by Gasteiger charge is -2.10. The molecule has 2 aromatic carbocycles. The molecule has 0 amide bonds. The topological polar surface area (TPSA) is 62.7 Å². The van der Waals surface area contributed by atoms with E-state index in [4.69, 9.17) is 23.2 Å². The van der Waals surface area contributed by atoms with Gasteiger partial charge >= 0.3 is 0 Å². The van der Waals surface area contributed by atoms with Gasteiger partial charge in [-0.1, -0.05) is 41.4 Å². The molecule has 0 fully saturated rings. The van der Waals surface area contributed by atoms with Crippen LogP contribution in [-0.4, -0.2) is 15.2 Å². The Morgan fingerprint density at radius 3 is 2.57 bits per heavy atom. The maximum absolute atomic E-state index is 6.14. The highest BCUT2D eigenvalue weighted by atomic mass is 35.5. The number of aromatic nitrogens is 3. The normalized spacial score (nSPS) is 10.4. The molecule has 0 saturated heterocycles. The fourth-order valence-electron chi connectivity index (χ4n) is 1.98. The average Bonchev–Trinajstić information content (AvgIpc) is 2.53. The highest BCUT2D eigenvalue weighted by molar-refractivity contribution is 6.36. The number of anilines is 4. The van der Waals surface area contributed by atoms with Crippen molar-refractivity contribution in [2.45, 2.75) is 6.92 Å². The Hall–Kier alpha value is -2.37. The Kier molecular flexibility index (Phi) is 4.60. The number of benzene rings is 2. The van der Waals surface area contributed by atoms with E-state index in [0.29, 0.717) is 27.5 Å². The number of hydrogen-bond acceptors (Lipinski definition) is 5. The van der Waals surface area contributed by atoms with Crippen LogP contribution in [0.5, 0.6) is 0 Å². The molecule has 0 unspecified atom stereocenters. The second-order valence-corrected chi connectivity index (χ2v) is 5.70. The van der Waals surface area contributed by atoms with Crippen LogP contribution >= 0.6 is 23.2 Å². The maximum Gasteiger partial charge on any atom is 0.249 e. The lowest BCUT2D eigenvalue weighted by molar-refractivity contribution is 0.982. The minimum atomic E-state index is 0.398. The summed E-state index contributed by atoms with van der Waals surface area (Å²) in [5.74, 6) is 0.926. The zero-order chi connectivity index (χ0) is 16.2. The van der Waals surface area contributed by atoms with E-state index in [-0.39, 0.29) is 0 Å². The first-order valence-electron chi connectivity index (χ1n) is 6.86. The Morgan fingerprint density at radius 1 is 0.957 bits per heavy atom. The van der Waals surface area contributed by atoms with Crippen molar-refractivity contribution < 1.29 is 0 Å². The molecular weight excluding hydrogens is 333 g/mol. The SMILES string of the molecule is Cc1ccccc1Nc1nncc(Nc2ccc(Cl)cc2Cl)n1. The van der Waals surface area contributed by atoms with Gasteiger partial charge in [-0.2, -0.15) is 10.1 Å². The van der Waals surface area contributed by atoms with Crippen molar-refractivity contribution in [3.63, 3.8) is 0 Å². The van der Waals surface area contributed by atoms with E-state index in [1.165, 1.54) is 6.20 Å². The van der Waals surface area contributed by atoms with E-state index < -0.39 is 0 Å². The molecule has 1 aromatic heterocycles. The van der Waals surface area contributed by atoms with Gasteiger partial charge in [0, 0.05) is 10.7 Å². The molecule has 0 aliphatic rings. The molecule has 0 atom stereocenters. The highest BCUT2D eigenvalue weighted by Crippen LogP contribution is 2.27. The summed E-state index contributed by atoms with van der Waals surface area (Å²) in [5.41, 5.74) is 2.71. The summed E-state index contributed by atoms with van der Waals surface area (Å²) in [6.45, 7) is 2.01. The Bertz CT molecular complexity index is 838. The molecule has 0 saturated carbocycles. The zero-order valence-electron chi connectivity index (χ0n) is 12.2. The Labute approximate surface area is 143 Å². The van der Waals surface area contributed by atoms with Crippen LogP contribution in [-0.2, 0) is 0 Å². The molecular formula is C16H13Cl2N5. The minimum Gasteiger partial charge on any atom is -0.338 e. The van der Waals surface area contributed by atoms with Crippen LogP contribution in [0.1, 0.15) is 5.56 Å². The van der Waals surface area contributed by atoms with Crippen molar-refractivity contribution in [2.24, 2.45) is 0 Å². The lowest BCUT2D eigenvalue weighted by Crippen LogP contribution is -2.03. The summed E-state index contributed by atoms with van der Waals surface area (Å²) in [4.78, 5) is 4.38. The van der Waals surface area contributed by atoms with Gasteiger partial charge in [-0.05, 0) is 36.8 Å². The van der Waals surface area contributed by atoms with Gasteiger partial charge < -0.3 is 10.6 Å². The lowest BCUT2D eigenvalue weighted by atomic mass is 10.2. The summed E-state index contributed by atoms with van der Waals surface area (Å²) < 4.78 is 0. The van der Waals surface area contributed by atoms with Crippen LogP contribution in [0.2, 0.25) is 10.0 Å². The monoisotopic (exact) mass is 345 g/mol. The highest BCUT2D eigenvalue weighted by Gasteiger charge is 2.06. The first kappa shape index (κ1) is 15.5. The summed E-state index contributed by atoms with van der Waals surface area (Å²) in [6.07, 6.45) is 1.52. The van der Waals surface area contributed by atoms with Crippen LogP contribution in [0.25, 0.3) is 0 Å². The van der Waals surface area contributed by atoms with E-state index >= 15 is 0 Å². The molecule has 0 aliphatic carbocycles. The molecule has 0 spiro atoms. The third kappa shape index (κ3) is 3.88. The van der Waals surface area contributed by atoms with Gasteiger partial charge in [0.25, 0.3) is 0 Å². The number of hydrogen-bond donors (Lipinski definition) is 2. The van der Waals surface area contributed by atoms with E-state index in [2.05, 4.69) is 25.8 Å². The second-order valence-electron chi connectivity index (χ2n) is 4.85. The first-order valence-corrected chi connectivity index (χ1v) is 7.62. The van der Waals surface area contributed by atoms with E-state index in [1.807, 2.05) is 31.2 Å². The molecule has 23 heavy (non-hydrogen) atoms. The van der Waals surface area contributed by atoms with Gasteiger partial charge in [0.1, 0.15) is 0 Å². The van der Waals surface area contributed by atoms with Gasteiger partial charge in [-0.3, -0.25) is 0 Å². The number of aryl methyl sites for hydroxylation is 1. The second kappa shape index (κ2) is 6.81. The molecule has 7 heteroatoms. The van der Waals surface area contributed by atoms with Gasteiger partial charge in [0.15, 0.2) is 5.82 Å². The van der Waals surface area contributed by atoms with Crippen LogP contribution in [0.3, 0.4) is 0 Å². The largest absolute Gasteiger partial charge is 0.338 e. The molecule has 0 aliphatic heterocycles. The van der Waals surface area contributed by atoms with Crippen LogP contribution in [0.15, 0.2) is 48.7 Å². The fraction of sp³-hybridized carbons (Fsp3) is 0.0625. The van der Waals surface area contributed by atoms with Crippen molar-refractivity contribution in [2.75, 3.05) is 10.6 Å². The molecule has 0 radical (unpaired) electrons. The van der Waals surface area contributed by atoms with Gasteiger partial charge in [0.05, 0.1) is 16.9 Å². The van der Waals surface area contributed by atoms with Gasteiger partial charge in [-0.25, -0.2) is 0 Å². The maximum atomic E-state index is 6.14. The first-order chi connectivity index (χ1) is 11.1. The molecule has 1 heterocycles. The van der Waals surface area contributed by atoms with E-state index in [1.54, 1.807) is 18.2 Å². The summed E-state index contributed by atoms with van der Waals surface area (Å²) >= 11 is 12.0. The average molecular weight is 346 g/mol. The van der Waals surface area contributed by atoms with Crippen molar-refractivity contribution in [3.8, 4) is 0 Å². The molecule has 3 aromatic rings. The standard InChI is InChI=1S/C16H13Cl2N5/c1-10-4-2-3-5-13(10)21-16-22-15(9-19-23-16)20-14-7-6-11(17)8-12(14)18/h2-9H,1H3,(H2,20,21,22,23). The van der Waals surface area contributed by atoms with Gasteiger partial charge in [0.2, 0.25) is 5.95 Å². The Morgan fingerprint density at radius 2 is 1.78 bits per heavy atom. The third-order valence-electron chi connectivity index (χ3n) is 3.14. The number of halogens is 2. The number of nitrogens with zero attached hydrogens (tertiary/aromatic N) is 3.